The number of nitrogens with zero attached hydrogens (tertiary/aromatic N) is 3. The number of aryl methyl sites for hydroxylation is 1. The summed E-state index contributed by atoms with van der Waals surface area (Å²) in [4.78, 5) is 2.31. The highest BCUT2D eigenvalue weighted by atomic mass is 32.2. The number of aromatic amines is 1. The Kier molecular flexibility index (Phi) is 4.48. The van der Waals surface area contributed by atoms with Crippen molar-refractivity contribution in [2.24, 2.45) is 0 Å². The zero-order chi connectivity index (χ0) is 14.9. The van der Waals surface area contributed by atoms with Crippen LogP contribution in [0.15, 0.2) is 4.90 Å². The molecule has 1 aliphatic rings. The molecule has 0 radical (unpaired) electrons. The smallest absolute Gasteiger partial charge is 0.246 e. The van der Waals surface area contributed by atoms with Crippen molar-refractivity contribution in [3.63, 3.8) is 0 Å². The topological polar surface area (TPSA) is 89.5 Å². The van der Waals surface area contributed by atoms with Gasteiger partial charge in [0.1, 0.15) is 10.6 Å². The highest BCUT2D eigenvalue weighted by molar-refractivity contribution is 7.89. The van der Waals surface area contributed by atoms with E-state index in [2.05, 4.69) is 15.1 Å². The standard InChI is InChI=1S/C12H22N4O3S/c1-9-12(11(8-17)14-13-9)20(18,19)16(3)10-4-6-15(2)7-5-10/h10,17H,4-8H2,1-3H3,(H,13,14). The van der Waals surface area contributed by atoms with Gasteiger partial charge in [-0.3, -0.25) is 5.10 Å². The van der Waals surface area contributed by atoms with E-state index in [9.17, 15) is 13.5 Å². The lowest BCUT2D eigenvalue weighted by molar-refractivity contribution is 0.197. The number of hydrogen-bond acceptors (Lipinski definition) is 5. The quantitative estimate of drug-likeness (QED) is 0.812. The third-order valence-electron chi connectivity index (χ3n) is 3.95. The van der Waals surface area contributed by atoms with Gasteiger partial charge < -0.3 is 10.0 Å². The summed E-state index contributed by atoms with van der Waals surface area (Å²) in [5.41, 5.74) is 0.649. The lowest BCUT2D eigenvalue weighted by Gasteiger charge is -2.34. The molecule has 2 heterocycles. The van der Waals surface area contributed by atoms with Crippen LogP contribution in [0, 0.1) is 6.92 Å². The second-order valence-electron chi connectivity index (χ2n) is 5.34. The molecule has 1 saturated heterocycles. The predicted molar refractivity (Wildman–Crippen MR) is 74.7 cm³/mol. The first-order chi connectivity index (χ1) is 9.37. The molecule has 1 fully saturated rings. The Bertz CT molecular complexity index is 561. The SMILES string of the molecule is Cc1[nH]nc(CO)c1S(=O)(=O)N(C)C1CCN(C)CC1. The van der Waals surface area contributed by atoms with Crippen LogP contribution in [0.1, 0.15) is 24.2 Å². The molecule has 1 aromatic rings. The van der Waals surface area contributed by atoms with Crippen molar-refractivity contribution in [2.75, 3.05) is 27.2 Å². The summed E-state index contributed by atoms with van der Waals surface area (Å²) in [6, 6.07) is -0.00274. The van der Waals surface area contributed by atoms with Gasteiger partial charge in [-0.25, -0.2) is 8.42 Å². The predicted octanol–water partition coefficient (Wildman–Crippen LogP) is -0.0749. The van der Waals surface area contributed by atoms with Crippen LogP contribution >= 0.6 is 0 Å². The fourth-order valence-electron chi connectivity index (χ4n) is 2.62. The van der Waals surface area contributed by atoms with Crippen LogP contribution in [0.5, 0.6) is 0 Å². The maximum absolute atomic E-state index is 12.7. The lowest BCUT2D eigenvalue weighted by Crippen LogP contribution is -2.44. The van der Waals surface area contributed by atoms with Crippen molar-refractivity contribution in [1.82, 2.24) is 19.4 Å². The van der Waals surface area contributed by atoms with Crippen molar-refractivity contribution < 1.29 is 13.5 Å². The summed E-state index contributed by atoms with van der Waals surface area (Å²) in [5.74, 6) is 0. The molecule has 0 atom stereocenters. The van der Waals surface area contributed by atoms with Crippen molar-refractivity contribution in [1.29, 1.82) is 0 Å². The molecule has 1 aromatic heterocycles. The Morgan fingerprint density at radius 1 is 1.45 bits per heavy atom. The number of likely N-dealkylation sites (tertiary alicyclic amines) is 1. The number of nitrogens with one attached hydrogen (secondary N) is 1. The summed E-state index contributed by atoms with van der Waals surface area (Å²) in [6.45, 7) is 3.05. The number of hydrogen-bond donors (Lipinski definition) is 2. The third kappa shape index (κ3) is 2.73. The van der Waals surface area contributed by atoms with Gasteiger partial charge in [0.05, 0.1) is 12.3 Å². The Labute approximate surface area is 119 Å². The van der Waals surface area contributed by atoms with Crippen molar-refractivity contribution in [3.05, 3.63) is 11.4 Å². The Morgan fingerprint density at radius 2 is 2.05 bits per heavy atom. The normalized spacial score (nSPS) is 18.9. The molecule has 0 aromatic carbocycles. The molecule has 7 nitrogen and oxygen atoms in total. The zero-order valence-corrected chi connectivity index (χ0v) is 12.9. The monoisotopic (exact) mass is 302 g/mol. The number of aliphatic hydroxyl groups is 1. The maximum atomic E-state index is 12.7. The maximum Gasteiger partial charge on any atom is 0.246 e. The van der Waals surface area contributed by atoms with Gasteiger partial charge >= 0.3 is 0 Å². The zero-order valence-electron chi connectivity index (χ0n) is 12.1. The summed E-state index contributed by atoms with van der Waals surface area (Å²) < 4.78 is 26.9. The second-order valence-corrected chi connectivity index (χ2v) is 7.27. The molecule has 0 aliphatic carbocycles. The Morgan fingerprint density at radius 3 is 2.60 bits per heavy atom. The van der Waals surface area contributed by atoms with Gasteiger partial charge in [-0.1, -0.05) is 0 Å². The summed E-state index contributed by atoms with van der Waals surface area (Å²) in [7, 11) is 0.0214. The van der Waals surface area contributed by atoms with E-state index in [4.69, 9.17) is 0 Å². The van der Waals surface area contributed by atoms with Gasteiger partial charge in [-0.05, 0) is 39.9 Å². The molecular formula is C12H22N4O3S. The number of sulfonamides is 1. The first-order valence-electron chi connectivity index (χ1n) is 6.69. The molecule has 0 unspecified atom stereocenters. The average Bonchev–Trinajstić information content (AvgIpc) is 2.80. The first-order valence-corrected chi connectivity index (χ1v) is 8.13. The highest BCUT2D eigenvalue weighted by Crippen LogP contribution is 2.26. The first kappa shape index (κ1) is 15.4. The highest BCUT2D eigenvalue weighted by Gasteiger charge is 2.33. The van der Waals surface area contributed by atoms with E-state index in [1.54, 1.807) is 14.0 Å². The minimum Gasteiger partial charge on any atom is -0.390 e. The lowest BCUT2D eigenvalue weighted by atomic mass is 10.1. The van der Waals surface area contributed by atoms with Crippen LogP contribution in [0.4, 0.5) is 0 Å². The largest absolute Gasteiger partial charge is 0.390 e. The molecule has 0 bridgehead atoms. The van der Waals surface area contributed by atoms with E-state index in [0.29, 0.717) is 5.69 Å². The second kappa shape index (κ2) is 5.80. The molecular weight excluding hydrogens is 280 g/mol. The van der Waals surface area contributed by atoms with Crippen LogP contribution in [0.25, 0.3) is 0 Å². The van der Waals surface area contributed by atoms with E-state index in [0.717, 1.165) is 25.9 Å². The van der Waals surface area contributed by atoms with Crippen LogP contribution < -0.4 is 0 Å². The van der Waals surface area contributed by atoms with Gasteiger partial charge in [0, 0.05) is 13.1 Å². The van der Waals surface area contributed by atoms with Crippen LogP contribution in [0.2, 0.25) is 0 Å². The van der Waals surface area contributed by atoms with Crippen molar-refractivity contribution in [2.45, 2.75) is 37.3 Å². The van der Waals surface area contributed by atoms with Crippen LogP contribution in [-0.2, 0) is 16.6 Å². The fraction of sp³-hybridized carbons (Fsp3) is 0.750. The Hall–Kier alpha value is -0.960. The van der Waals surface area contributed by atoms with Crippen molar-refractivity contribution in [3.8, 4) is 0 Å². The molecule has 1 aliphatic heterocycles. The fourth-order valence-corrected chi connectivity index (χ4v) is 4.35. The van der Waals surface area contributed by atoms with E-state index < -0.39 is 10.0 Å². The van der Waals surface area contributed by atoms with E-state index in [1.165, 1.54) is 4.31 Å². The number of H-pyrrole nitrogens is 1. The molecule has 2 rings (SSSR count). The van der Waals surface area contributed by atoms with Crippen LogP contribution in [-0.4, -0.2) is 66.2 Å². The van der Waals surface area contributed by atoms with Crippen LogP contribution in [0.3, 0.4) is 0 Å². The summed E-state index contributed by atoms with van der Waals surface area (Å²) in [5, 5.41) is 15.7. The minimum atomic E-state index is -3.63. The number of aromatic nitrogens is 2. The average molecular weight is 302 g/mol. The molecule has 0 saturated carbocycles. The third-order valence-corrected chi connectivity index (χ3v) is 6.06. The number of piperidine rings is 1. The molecule has 20 heavy (non-hydrogen) atoms. The number of rotatable bonds is 4. The number of aliphatic hydroxyl groups excluding tert-OH is 1. The van der Waals surface area contributed by atoms with Gasteiger partial charge in [0.25, 0.3) is 0 Å². The molecule has 2 N–H and O–H groups in total. The molecule has 0 spiro atoms. The summed E-state index contributed by atoms with van der Waals surface area (Å²) >= 11 is 0. The molecule has 114 valence electrons. The minimum absolute atomic E-state index is 0.00274. The van der Waals surface area contributed by atoms with Gasteiger partial charge in [-0.15, -0.1) is 0 Å². The van der Waals surface area contributed by atoms with E-state index in [1.807, 2.05) is 7.05 Å². The van der Waals surface area contributed by atoms with Gasteiger partial charge in [0.15, 0.2) is 0 Å². The van der Waals surface area contributed by atoms with Gasteiger partial charge in [0.2, 0.25) is 10.0 Å². The van der Waals surface area contributed by atoms with Gasteiger partial charge in [-0.2, -0.15) is 9.40 Å². The van der Waals surface area contributed by atoms with E-state index >= 15 is 0 Å². The summed E-state index contributed by atoms with van der Waals surface area (Å²) in [6.07, 6.45) is 1.63. The molecule has 0 amide bonds. The van der Waals surface area contributed by atoms with E-state index in [-0.39, 0.29) is 23.2 Å². The Balaban J connectivity index is 2.27. The van der Waals surface area contributed by atoms with Crippen molar-refractivity contribution >= 4 is 10.0 Å². The molecule has 8 heteroatoms.